The molecule has 0 amide bonds. The summed E-state index contributed by atoms with van der Waals surface area (Å²) in [5, 5.41) is 13.6. The summed E-state index contributed by atoms with van der Waals surface area (Å²) in [6, 6.07) is 27.8. The second-order valence-electron chi connectivity index (χ2n) is 5.72. The Hall–Kier alpha value is -3.00. The summed E-state index contributed by atoms with van der Waals surface area (Å²) >= 11 is 0. The van der Waals surface area contributed by atoms with Crippen LogP contribution in [0.1, 0.15) is 23.1 Å². The minimum atomic E-state index is -0.0283. The SMILES string of the molecule is C=C[C@H](c1ccccc1)[C@@H](Nc1ccccc1O)c1ccccc1. The van der Waals surface area contributed by atoms with Crippen LogP contribution in [-0.4, -0.2) is 5.11 Å². The van der Waals surface area contributed by atoms with Gasteiger partial charge in [0.25, 0.3) is 0 Å². The van der Waals surface area contributed by atoms with Crippen LogP contribution in [0.25, 0.3) is 0 Å². The van der Waals surface area contributed by atoms with E-state index in [0.29, 0.717) is 5.69 Å². The highest BCUT2D eigenvalue weighted by Gasteiger charge is 2.23. The van der Waals surface area contributed by atoms with E-state index in [0.717, 1.165) is 5.56 Å². The van der Waals surface area contributed by atoms with E-state index >= 15 is 0 Å². The fraction of sp³-hybridized carbons (Fsp3) is 0.0909. The molecule has 0 aliphatic rings. The second kappa shape index (κ2) is 7.51. The van der Waals surface area contributed by atoms with Gasteiger partial charge in [-0.25, -0.2) is 0 Å². The van der Waals surface area contributed by atoms with E-state index in [1.807, 2.05) is 60.7 Å². The van der Waals surface area contributed by atoms with Crippen LogP contribution >= 0.6 is 0 Å². The molecule has 24 heavy (non-hydrogen) atoms. The summed E-state index contributed by atoms with van der Waals surface area (Å²) < 4.78 is 0. The Balaban J connectivity index is 2.02. The summed E-state index contributed by atoms with van der Waals surface area (Å²) in [4.78, 5) is 0. The number of phenolic OH excluding ortho intramolecular Hbond substituents is 1. The summed E-state index contributed by atoms with van der Waals surface area (Å²) in [7, 11) is 0. The molecule has 0 heterocycles. The molecule has 0 saturated carbocycles. The van der Waals surface area contributed by atoms with E-state index in [1.165, 1.54) is 5.56 Å². The molecular formula is C22H21NO. The normalized spacial score (nSPS) is 13.0. The van der Waals surface area contributed by atoms with Gasteiger partial charge in [0.05, 0.1) is 11.7 Å². The predicted molar refractivity (Wildman–Crippen MR) is 100 cm³/mol. The van der Waals surface area contributed by atoms with Gasteiger partial charge in [0.2, 0.25) is 0 Å². The van der Waals surface area contributed by atoms with Crippen LogP contribution in [-0.2, 0) is 0 Å². The Bertz CT molecular complexity index is 783. The van der Waals surface area contributed by atoms with Crippen molar-refractivity contribution in [3.05, 3.63) is 109 Å². The van der Waals surface area contributed by atoms with Crippen molar-refractivity contribution in [3.63, 3.8) is 0 Å². The summed E-state index contributed by atoms with van der Waals surface area (Å²) in [6.45, 7) is 4.05. The topological polar surface area (TPSA) is 32.3 Å². The molecule has 0 unspecified atom stereocenters. The lowest BCUT2D eigenvalue weighted by molar-refractivity contribution is 0.476. The summed E-state index contributed by atoms with van der Waals surface area (Å²) in [6.07, 6.45) is 1.96. The molecule has 0 aromatic heterocycles. The third-order valence-corrected chi connectivity index (χ3v) is 4.17. The molecule has 2 nitrogen and oxygen atoms in total. The smallest absolute Gasteiger partial charge is 0.138 e. The lowest BCUT2D eigenvalue weighted by Crippen LogP contribution is -2.18. The quantitative estimate of drug-likeness (QED) is 0.464. The highest BCUT2D eigenvalue weighted by atomic mass is 16.3. The van der Waals surface area contributed by atoms with Gasteiger partial charge in [-0.15, -0.1) is 6.58 Å². The van der Waals surface area contributed by atoms with Gasteiger partial charge in [0, 0.05) is 5.92 Å². The van der Waals surface area contributed by atoms with Crippen molar-refractivity contribution < 1.29 is 5.11 Å². The minimum Gasteiger partial charge on any atom is -0.506 e. The molecular weight excluding hydrogens is 294 g/mol. The number of hydrogen-bond donors (Lipinski definition) is 2. The molecule has 2 heteroatoms. The van der Waals surface area contributed by atoms with E-state index in [4.69, 9.17) is 0 Å². The maximum absolute atomic E-state index is 10.1. The van der Waals surface area contributed by atoms with Crippen LogP contribution in [0.4, 0.5) is 5.69 Å². The zero-order valence-electron chi connectivity index (χ0n) is 13.5. The van der Waals surface area contributed by atoms with Gasteiger partial charge in [0.1, 0.15) is 5.75 Å². The van der Waals surface area contributed by atoms with Gasteiger partial charge < -0.3 is 10.4 Å². The van der Waals surface area contributed by atoms with Crippen LogP contribution in [0.5, 0.6) is 5.75 Å². The molecule has 120 valence electrons. The Kier molecular flexibility index (Phi) is 4.97. The molecule has 0 spiro atoms. The van der Waals surface area contributed by atoms with Crippen LogP contribution in [0.3, 0.4) is 0 Å². The average molecular weight is 315 g/mol. The van der Waals surface area contributed by atoms with Crippen LogP contribution in [0.15, 0.2) is 97.6 Å². The zero-order valence-corrected chi connectivity index (χ0v) is 13.5. The molecule has 0 radical (unpaired) electrons. The second-order valence-corrected chi connectivity index (χ2v) is 5.72. The maximum Gasteiger partial charge on any atom is 0.138 e. The zero-order chi connectivity index (χ0) is 16.8. The third-order valence-electron chi connectivity index (χ3n) is 4.17. The first-order valence-electron chi connectivity index (χ1n) is 8.06. The van der Waals surface area contributed by atoms with Gasteiger partial charge in [0.15, 0.2) is 0 Å². The van der Waals surface area contributed by atoms with Crippen molar-refractivity contribution >= 4 is 5.69 Å². The van der Waals surface area contributed by atoms with E-state index in [-0.39, 0.29) is 17.7 Å². The minimum absolute atomic E-state index is 0.0283. The first-order valence-corrected chi connectivity index (χ1v) is 8.06. The number of para-hydroxylation sites is 2. The predicted octanol–water partition coefficient (Wildman–Crippen LogP) is 5.52. The Morgan fingerprint density at radius 3 is 1.88 bits per heavy atom. The Morgan fingerprint density at radius 2 is 1.29 bits per heavy atom. The first-order chi connectivity index (χ1) is 11.8. The molecule has 2 atom stereocenters. The monoisotopic (exact) mass is 315 g/mol. The number of aromatic hydroxyl groups is 1. The van der Waals surface area contributed by atoms with Gasteiger partial charge >= 0.3 is 0 Å². The number of phenols is 1. The highest BCUT2D eigenvalue weighted by Crippen LogP contribution is 2.36. The molecule has 0 bridgehead atoms. The number of nitrogens with one attached hydrogen (secondary N) is 1. The summed E-state index contributed by atoms with van der Waals surface area (Å²) in [5.41, 5.74) is 3.05. The van der Waals surface area contributed by atoms with Crippen LogP contribution < -0.4 is 5.32 Å². The maximum atomic E-state index is 10.1. The van der Waals surface area contributed by atoms with Crippen molar-refractivity contribution in [1.82, 2.24) is 0 Å². The van der Waals surface area contributed by atoms with Gasteiger partial charge in [-0.1, -0.05) is 78.9 Å². The summed E-state index contributed by atoms with van der Waals surface area (Å²) in [5.74, 6) is 0.322. The number of anilines is 1. The van der Waals surface area contributed by atoms with Crippen molar-refractivity contribution in [2.24, 2.45) is 0 Å². The molecule has 0 aliphatic heterocycles. The molecule has 0 saturated heterocycles. The molecule has 3 rings (SSSR count). The van der Waals surface area contributed by atoms with E-state index < -0.39 is 0 Å². The van der Waals surface area contributed by atoms with Crippen LogP contribution in [0.2, 0.25) is 0 Å². The molecule has 3 aromatic carbocycles. The van der Waals surface area contributed by atoms with E-state index in [1.54, 1.807) is 6.07 Å². The number of rotatable bonds is 6. The Morgan fingerprint density at radius 1 is 0.750 bits per heavy atom. The molecule has 0 fully saturated rings. The van der Waals surface area contributed by atoms with Gasteiger partial charge in [-0.3, -0.25) is 0 Å². The van der Waals surface area contributed by atoms with Crippen molar-refractivity contribution in [2.75, 3.05) is 5.32 Å². The van der Waals surface area contributed by atoms with Crippen molar-refractivity contribution in [3.8, 4) is 5.75 Å². The highest BCUT2D eigenvalue weighted by molar-refractivity contribution is 5.57. The Labute approximate surface area is 143 Å². The lowest BCUT2D eigenvalue weighted by Gasteiger charge is -2.28. The fourth-order valence-electron chi connectivity index (χ4n) is 2.94. The molecule has 0 aliphatic carbocycles. The van der Waals surface area contributed by atoms with Gasteiger partial charge in [-0.2, -0.15) is 0 Å². The largest absolute Gasteiger partial charge is 0.506 e. The fourth-order valence-corrected chi connectivity index (χ4v) is 2.94. The molecule has 3 aromatic rings. The molecule has 2 N–H and O–H groups in total. The first kappa shape index (κ1) is 15.9. The number of hydrogen-bond acceptors (Lipinski definition) is 2. The van der Waals surface area contributed by atoms with Gasteiger partial charge in [-0.05, 0) is 23.3 Å². The van der Waals surface area contributed by atoms with Crippen LogP contribution in [0, 0.1) is 0 Å². The van der Waals surface area contributed by atoms with E-state index in [2.05, 4.69) is 36.2 Å². The average Bonchev–Trinajstić information content (AvgIpc) is 2.65. The standard InChI is InChI=1S/C22H21NO/c1-2-19(17-11-5-3-6-12-17)22(18-13-7-4-8-14-18)23-20-15-9-10-16-21(20)24/h2-16,19,22-24H,1H2/t19-,22+/m1/s1. The lowest BCUT2D eigenvalue weighted by atomic mass is 9.87. The van der Waals surface area contributed by atoms with Crippen molar-refractivity contribution in [1.29, 1.82) is 0 Å². The van der Waals surface area contributed by atoms with Crippen molar-refractivity contribution in [2.45, 2.75) is 12.0 Å². The third kappa shape index (κ3) is 3.49. The van der Waals surface area contributed by atoms with E-state index in [9.17, 15) is 5.11 Å². The number of benzene rings is 3.